The summed E-state index contributed by atoms with van der Waals surface area (Å²) in [6, 6.07) is 5.04. The van der Waals surface area contributed by atoms with Crippen molar-refractivity contribution in [2.45, 2.75) is 57.2 Å². The zero-order valence-electron chi connectivity index (χ0n) is 24.1. The predicted molar refractivity (Wildman–Crippen MR) is 148 cm³/mol. The number of aryl methyl sites for hydroxylation is 1. The molecule has 1 saturated carbocycles. The molecule has 5 rings (SSSR count). The fourth-order valence-corrected chi connectivity index (χ4v) is 4.38. The van der Waals surface area contributed by atoms with Crippen LogP contribution >= 0.6 is 0 Å². The molecular formula is C28H28F4N8O4. The third-order valence-corrected chi connectivity index (χ3v) is 6.94. The second kappa shape index (κ2) is 11.0. The molecule has 0 spiro atoms. The SMILES string of the molecule is Cn1cncc1N(C(=O)OC(C)(C)C)c1ncc(-c2ccc(CC(=O)N(N)c3cc(C4(C(F)(F)F)CC4)on3)c(F)c2)cn1. The van der Waals surface area contributed by atoms with Crippen LogP contribution in [0.4, 0.5) is 39.9 Å². The van der Waals surface area contributed by atoms with E-state index in [4.69, 9.17) is 15.1 Å². The van der Waals surface area contributed by atoms with E-state index in [0.29, 0.717) is 22.0 Å². The van der Waals surface area contributed by atoms with Crippen molar-refractivity contribution in [3.8, 4) is 11.1 Å². The summed E-state index contributed by atoms with van der Waals surface area (Å²) in [7, 11) is 1.69. The van der Waals surface area contributed by atoms with Gasteiger partial charge in [-0.15, -0.1) is 0 Å². The molecule has 1 aromatic carbocycles. The molecule has 16 heteroatoms. The summed E-state index contributed by atoms with van der Waals surface area (Å²) in [6.07, 6.45) is -0.312. The standard InChI is InChI=1S/C28H28F4N8O4/c1-26(2,3)43-25(42)39(22-14-34-15-38(22)4)24-35-12-18(13-36-24)16-5-6-17(19(29)9-16)10-23(41)40(33)21-11-20(44-37-21)27(7-8-27)28(30,31)32/h5-6,9,11-15H,7-8,10,33H2,1-4H3. The van der Waals surface area contributed by atoms with E-state index in [1.165, 1.54) is 43.1 Å². The Morgan fingerprint density at radius 3 is 2.32 bits per heavy atom. The molecular weight excluding hydrogens is 588 g/mol. The maximum absolute atomic E-state index is 15.1. The number of hydrogen-bond acceptors (Lipinski definition) is 9. The van der Waals surface area contributed by atoms with Gasteiger partial charge in [-0.3, -0.25) is 4.79 Å². The van der Waals surface area contributed by atoms with Crippen LogP contribution < -0.4 is 15.8 Å². The number of rotatable bonds is 7. The summed E-state index contributed by atoms with van der Waals surface area (Å²) in [5.74, 6) is 3.82. The zero-order chi connectivity index (χ0) is 32.0. The van der Waals surface area contributed by atoms with Crippen LogP contribution in [-0.2, 0) is 28.4 Å². The number of nitrogens with zero attached hydrogens (tertiary/aromatic N) is 7. The summed E-state index contributed by atoms with van der Waals surface area (Å²) in [5.41, 5.74) is -2.15. The van der Waals surface area contributed by atoms with Gasteiger partial charge < -0.3 is 13.8 Å². The van der Waals surface area contributed by atoms with Gasteiger partial charge in [-0.2, -0.15) is 18.1 Å². The van der Waals surface area contributed by atoms with E-state index in [9.17, 15) is 22.8 Å². The van der Waals surface area contributed by atoms with Gasteiger partial charge in [0.05, 0.1) is 18.9 Å². The minimum Gasteiger partial charge on any atom is -0.443 e. The molecule has 0 bridgehead atoms. The lowest BCUT2D eigenvalue weighted by Gasteiger charge is -2.25. The van der Waals surface area contributed by atoms with E-state index in [-0.39, 0.29) is 30.2 Å². The van der Waals surface area contributed by atoms with Crippen LogP contribution in [0.3, 0.4) is 0 Å². The van der Waals surface area contributed by atoms with E-state index < -0.39 is 47.2 Å². The molecule has 1 aliphatic carbocycles. The third-order valence-electron chi connectivity index (χ3n) is 6.94. The predicted octanol–water partition coefficient (Wildman–Crippen LogP) is 5.12. The highest BCUT2D eigenvalue weighted by atomic mass is 19.4. The van der Waals surface area contributed by atoms with Crippen molar-refractivity contribution in [2.75, 3.05) is 9.91 Å². The Morgan fingerprint density at radius 2 is 1.77 bits per heavy atom. The van der Waals surface area contributed by atoms with Crippen molar-refractivity contribution in [2.24, 2.45) is 12.9 Å². The van der Waals surface area contributed by atoms with E-state index in [2.05, 4.69) is 20.1 Å². The highest BCUT2D eigenvalue weighted by molar-refractivity contribution is 5.93. The number of nitrogens with two attached hydrogens (primary N) is 1. The maximum atomic E-state index is 15.1. The zero-order valence-corrected chi connectivity index (χ0v) is 24.1. The molecule has 3 aromatic heterocycles. The summed E-state index contributed by atoms with van der Waals surface area (Å²) >= 11 is 0. The Labute approximate surface area is 248 Å². The first-order chi connectivity index (χ1) is 20.6. The fourth-order valence-electron chi connectivity index (χ4n) is 4.38. The van der Waals surface area contributed by atoms with E-state index in [0.717, 1.165) is 11.0 Å². The van der Waals surface area contributed by atoms with Crippen LogP contribution in [0.15, 0.2) is 53.7 Å². The lowest BCUT2D eigenvalue weighted by Crippen LogP contribution is -2.39. The average Bonchev–Trinajstić information content (AvgIpc) is 3.45. The minimum absolute atomic E-state index is 0.00354. The number of hydrogen-bond donors (Lipinski definition) is 1. The summed E-state index contributed by atoms with van der Waals surface area (Å²) in [4.78, 5) is 39.5. The number of halogens is 4. The van der Waals surface area contributed by atoms with Crippen molar-refractivity contribution in [3.63, 3.8) is 0 Å². The Hall–Kier alpha value is -4.86. The molecule has 1 fully saturated rings. The summed E-state index contributed by atoms with van der Waals surface area (Å²) in [5, 5.41) is 4.03. The highest BCUT2D eigenvalue weighted by Crippen LogP contribution is 2.59. The number of aromatic nitrogens is 5. The molecule has 2 N–H and O–H groups in total. The van der Waals surface area contributed by atoms with Crippen molar-refractivity contribution in [3.05, 3.63) is 66.3 Å². The van der Waals surface area contributed by atoms with Crippen molar-refractivity contribution >= 4 is 29.6 Å². The van der Waals surface area contributed by atoms with Gasteiger partial charge in [-0.25, -0.2) is 35.0 Å². The maximum Gasteiger partial charge on any atom is 0.423 e. The van der Waals surface area contributed by atoms with Crippen LogP contribution in [0, 0.1) is 5.82 Å². The van der Waals surface area contributed by atoms with E-state index in [1.807, 2.05) is 0 Å². The Kier molecular flexibility index (Phi) is 7.65. The second-order valence-corrected chi connectivity index (χ2v) is 11.3. The highest BCUT2D eigenvalue weighted by Gasteiger charge is 2.67. The first-order valence-electron chi connectivity index (χ1n) is 13.3. The van der Waals surface area contributed by atoms with Gasteiger partial charge in [0.15, 0.2) is 11.6 Å². The number of alkyl halides is 3. The normalized spacial score (nSPS) is 14.3. The Bertz CT molecular complexity index is 1690. The molecule has 0 aliphatic heterocycles. The Morgan fingerprint density at radius 1 is 1.09 bits per heavy atom. The third kappa shape index (κ3) is 5.97. The number of carbonyl (C=O) groups excluding carboxylic acids is 2. The largest absolute Gasteiger partial charge is 0.443 e. The molecule has 4 aromatic rings. The molecule has 0 saturated heterocycles. The number of imidazole rings is 1. The van der Waals surface area contributed by atoms with Gasteiger partial charge in [-0.1, -0.05) is 17.3 Å². The van der Waals surface area contributed by atoms with Gasteiger partial charge in [0.25, 0.3) is 0 Å². The molecule has 1 aliphatic rings. The molecule has 0 radical (unpaired) electrons. The number of anilines is 3. The van der Waals surface area contributed by atoms with Crippen LogP contribution in [0.2, 0.25) is 0 Å². The number of carbonyl (C=O) groups is 2. The van der Waals surface area contributed by atoms with Gasteiger partial charge in [0, 0.05) is 31.1 Å². The van der Waals surface area contributed by atoms with Crippen LogP contribution in [0.1, 0.15) is 44.9 Å². The molecule has 232 valence electrons. The molecule has 0 unspecified atom stereocenters. The molecule has 2 amide bonds. The van der Waals surface area contributed by atoms with Crippen LogP contribution in [0.25, 0.3) is 11.1 Å². The lowest BCUT2D eigenvalue weighted by atomic mass is 10.0. The lowest BCUT2D eigenvalue weighted by molar-refractivity contribution is -0.165. The van der Waals surface area contributed by atoms with Crippen molar-refractivity contribution in [1.82, 2.24) is 24.7 Å². The van der Waals surface area contributed by atoms with Gasteiger partial charge in [-0.05, 0) is 50.8 Å². The quantitative estimate of drug-likeness (QED) is 0.129. The van der Waals surface area contributed by atoms with Crippen LogP contribution in [0.5, 0.6) is 0 Å². The smallest absolute Gasteiger partial charge is 0.423 e. The van der Waals surface area contributed by atoms with Crippen molar-refractivity contribution in [1.29, 1.82) is 0 Å². The minimum atomic E-state index is -4.53. The first-order valence-corrected chi connectivity index (χ1v) is 13.3. The molecule has 12 nitrogen and oxygen atoms in total. The number of ether oxygens (including phenoxy) is 1. The average molecular weight is 617 g/mol. The number of amides is 2. The molecule has 0 atom stereocenters. The summed E-state index contributed by atoms with van der Waals surface area (Å²) in [6.45, 7) is 5.16. The van der Waals surface area contributed by atoms with E-state index >= 15 is 4.39 Å². The first kappa shape index (κ1) is 30.6. The van der Waals surface area contributed by atoms with Crippen molar-refractivity contribution < 1.29 is 36.4 Å². The fraction of sp³-hybridized carbons (Fsp3) is 0.357. The topological polar surface area (TPSA) is 146 Å². The summed E-state index contributed by atoms with van der Waals surface area (Å²) < 4.78 is 67.2. The number of benzene rings is 1. The molecule has 44 heavy (non-hydrogen) atoms. The van der Waals surface area contributed by atoms with Gasteiger partial charge in [0.2, 0.25) is 11.9 Å². The van der Waals surface area contributed by atoms with Gasteiger partial charge in [0.1, 0.15) is 22.7 Å². The van der Waals surface area contributed by atoms with E-state index in [1.54, 1.807) is 32.4 Å². The molecule has 3 heterocycles. The Balaban J connectivity index is 1.30. The second-order valence-electron chi connectivity index (χ2n) is 11.3. The number of hydrazine groups is 1. The van der Waals surface area contributed by atoms with Crippen LogP contribution in [-0.4, -0.2) is 48.5 Å². The monoisotopic (exact) mass is 616 g/mol. The van der Waals surface area contributed by atoms with Gasteiger partial charge >= 0.3 is 12.3 Å².